The van der Waals surface area contributed by atoms with Crippen LogP contribution in [0.1, 0.15) is 39.1 Å². The molecule has 0 bridgehead atoms. The van der Waals surface area contributed by atoms with Gasteiger partial charge in [-0.1, -0.05) is 32.9 Å². The van der Waals surface area contributed by atoms with E-state index in [1.807, 2.05) is 6.08 Å². The maximum absolute atomic E-state index is 9.66. The van der Waals surface area contributed by atoms with E-state index < -0.39 is 6.10 Å². The first-order valence-electron chi connectivity index (χ1n) is 4.88. The van der Waals surface area contributed by atoms with Gasteiger partial charge >= 0.3 is 0 Å². The zero-order valence-electron chi connectivity index (χ0n) is 9.03. The van der Waals surface area contributed by atoms with E-state index in [9.17, 15) is 5.11 Å². The topological polar surface area (TPSA) is 33.4 Å². The molecular formula is C12H18O2. The summed E-state index contributed by atoms with van der Waals surface area (Å²) in [7, 11) is 0. The molecule has 14 heavy (non-hydrogen) atoms. The number of furan rings is 1. The van der Waals surface area contributed by atoms with Crippen molar-refractivity contribution in [2.45, 2.75) is 33.3 Å². The van der Waals surface area contributed by atoms with Crippen LogP contribution in [0.4, 0.5) is 0 Å². The minimum atomic E-state index is -0.524. The summed E-state index contributed by atoms with van der Waals surface area (Å²) in [5.74, 6) is 0.628. The summed E-state index contributed by atoms with van der Waals surface area (Å²) >= 11 is 0. The van der Waals surface area contributed by atoms with Crippen molar-refractivity contribution >= 4 is 0 Å². The van der Waals surface area contributed by atoms with E-state index in [2.05, 4.69) is 26.8 Å². The second-order valence-electron chi connectivity index (χ2n) is 4.54. The third kappa shape index (κ3) is 3.79. The molecule has 0 saturated carbocycles. The van der Waals surface area contributed by atoms with Gasteiger partial charge in [-0.3, -0.25) is 0 Å². The van der Waals surface area contributed by atoms with Gasteiger partial charge in [-0.15, -0.1) is 0 Å². The van der Waals surface area contributed by atoms with Crippen LogP contribution in [0.5, 0.6) is 0 Å². The molecule has 1 N–H and O–H groups in total. The van der Waals surface area contributed by atoms with E-state index in [1.165, 1.54) is 0 Å². The van der Waals surface area contributed by atoms with Crippen molar-refractivity contribution in [3.63, 3.8) is 0 Å². The first kappa shape index (κ1) is 11.1. The smallest absolute Gasteiger partial charge is 0.132 e. The zero-order valence-corrected chi connectivity index (χ0v) is 9.03. The highest BCUT2D eigenvalue weighted by molar-refractivity contribution is 5.04. The van der Waals surface area contributed by atoms with Gasteiger partial charge in [-0.05, 0) is 24.0 Å². The average molecular weight is 194 g/mol. The van der Waals surface area contributed by atoms with Crippen LogP contribution in [-0.2, 0) is 0 Å². The lowest BCUT2D eigenvalue weighted by atomic mass is 9.95. The monoisotopic (exact) mass is 194 g/mol. The number of hydrogen-bond donors (Lipinski definition) is 1. The van der Waals surface area contributed by atoms with E-state index >= 15 is 0 Å². The Hall–Kier alpha value is -1.02. The van der Waals surface area contributed by atoms with E-state index in [1.54, 1.807) is 18.4 Å². The fraction of sp³-hybridized carbons (Fsp3) is 0.500. The van der Waals surface area contributed by atoms with Gasteiger partial charge in [0.1, 0.15) is 11.9 Å². The Labute approximate surface area is 85.2 Å². The van der Waals surface area contributed by atoms with E-state index in [4.69, 9.17) is 4.42 Å². The predicted molar refractivity (Wildman–Crippen MR) is 56.9 cm³/mol. The molecule has 0 amide bonds. The lowest BCUT2D eigenvalue weighted by molar-refractivity contribution is 0.153. The normalized spacial score (nSPS) is 14.9. The predicted octanol–water partition coefficient (Wildman–Crippen LogP) is 3.31. The van der Waals surface area contributed by atoms with Crippen LogP contribution in [-0.4, -0.2) is 5.11 Å². The van der Waals surface area contributed by atoms with Crippen LogP contribution < -0.4 is 0 Å². The van der Waals surface area contributed by atoms with Gasteiger partial charge in [0.25, 0.3) is 0 Å². The quantitative estimate of drug-likeness (QED) is 0.749. The SMILES string of the molecule is CC(C)(C)/C=C/CC(O)c1ccco1. The van der Waals surface area contributed by atoms with Crippen molar-refractivity contribution in [3.05, 3.63) is 36.3 Å². The van der Waals surface area contributed by atoms with Gasteiger partial charge in [-0.25, -0.2) is 0 Å². The van der Waals surface area contributed by atoms with Crippen molar-refractivity contribution in [2.75, 3.05) is 0 Å². The molecule has 0 saturated heterocycles. The molecule has 0 aliphatic carbocycles. The second-order valence-corrected chi connectivity index (χ2v) is 4.54. The standard InChI is InChI=1S/C12H18O2/c1-12(2,3)8-4-6-10(13)11-7-5-9-14-11/h4-5,7-10,13H,6H2,1-3H3/b8-4+. The van der Waals surface area contributed by atoms with E-state index in [-0.39, 0.29) is 5.41 Å². The van der Waals surface area contributed by atoms with Crippen LogP contribution in [0.25, 0.3) is 0 Å². The highest BCUT2D eigenvalue weighted by Crippen LogP contribution is 2.20. The third-order valence-electron chi connectivity index (χ3n) is 1.85. The van der Waals surface area contributed by atoms with Crippen molar-refractivity contribution in [1.29, 1.82) is 0 Å². The van der Waals surface area contributed by atoms with Crippen LogP contribution in [0.2, 0.25) is 0 Å². The Morgan fingerprint density at radius 3 is 2.71 bits per heavy atom. The van der Waals surface area contributed by atoms with Gasteiger partial charge in [0, 0.05) is 0 Å². The number of aliphatic hydroxyl groups excluding tert-OH is 1. The molecule has 2 heteroatoms. The summed E-state index contributed by atoms with van der Waals surface area (Å²) in [5.41, 5.74) is 0.170. The summed E-state index contributed by atoms with van der Waals surface area (Å²) in [6.45, 7) is 6.38. The number of allylic oxidation sites excluding steroid dienone is 1. The molecule has 0 radical (unpaired) electrons. The Balaban J connectivity index is 2.43. The Morgan fingerprint density at radius 1 is 1.50 bits per heavy atom. The molecule has 1 aromatic rings. The lowest BCUT2D eigenvalue weighted by Crippen LogP contribution is -1.99. The van der Waals surface area contributed by atoms with Crippen molar-refractivity contribution in [1.82, 2.24) is 0 Å². The average Bonchev–Trinajstić information content (AvgIpc) is 2.53. The molecule has 1 atom stereocenters. The molecule has 0 spiro atoms. The Morgan fingerprint density at radius 2 is 2.21 bits per heavy atom. The molecule has 0 aliphatic heterocycles. The van der Waals surface area contributed by atoms with Gasteiger partial charge in [0.15, 0.2) is 0 Å². The number of aliphatic hydroxyl groups is 1. The van der Waals surface area contributed by atoms with E-state index in [0.717, 1.165) is 0 Å². The fourth-order valence-corrected chi connectivity index (χ4v) is 1.15. The van der Waals surface area contributed by atoms with Crippen molar-refractivity contribution < 1.29 is 9.52 Å². The Kier molecular flexibility index (Phi) is 3.53. The lowest BCUT2D eigenvalue weighted by Gasteiger charge is -2.11. The summed E-state index contributed by atoms with van der Waals surface area (Å²) < 4.78 is 5.09. The van der Waals surface area contributed by atoms with Gasteiger partial charge in [0.05, 0.1) is 6.26 Å². The summed E-state index contributed by atoms with van der Waals surface area (Å²) in [5, 5.41) is 9.66. The van der Waals surface area contributed by atoms with Gasteiger partial charge in [0.2, 0.25) is 0 Å². The number of hydrogen-bond acceptors (Lipinski definition) is 2. The number of rotatable bonds is 3. The highest BCUT2D eigenvalue weighted by atomic mass is 16.4. The molecule has 2 nitrogen and oxygen atoms in total. The van der Waals surface area contributed by atoms with Crippen molar-refractivity contribution in [2.24, 2.45) is 5.41 Å². The summed E-state index contributed by atoms with van der Waals surface area (Å²) in [4.78, 5) is 0. The van der Waals surface area contributed by atoms with Crippen LogP contribution in [0.15, 0.2) is 35.0 Å². The molecule has 0 aromatic carbocycles. The first-order chi connectivity index (χ1) is 6.49. The molecule has 0 aliphatic rings. The van der Waals surface area contributed by atoms with E-state index in [0.29, 0.717) is 12.2 Å². The largest absolute Gasteiger partial charge is 0.467 e. The maximum Gasteiger partial charge on any atom is 0.132 e. The molecule has 0 fully saturated rings. The zero-order chi connectivity index (χ0) is 10.6. The summed E-state index contributed by atoms with van der Waals surface area (Å²) in [6.07, 6.45) is 5.74. The van der Waals surface area contributed by atoms with Crippen LogP contribution in [0.3, 0.4) is 0 Å². The van der Waals surface area contributed by atoms with Gasteiger partial charge < -0.3 is 9.52 Å². The third-order valence-corrected chi connectivity index (χ3v) is 1.85. The van der Waals surface area contributed by atoms with Crippen LogP contribution >= 0.6 is 0 Å². The summed E-state index contributed by atoms with van der Waals surface area (Å²) in [6, 6.07) is 3.57. The molecule has 1 rings (SSSR count). The molecule has 1 heterocycles. The highest BCUT2D eigenvalue weighted by Gasteiger charge is 2.09. The van der Waals surface area contributed by atoms with Crippen LogP contribution in [0, 0.1) is 5.41 Å². The minimum Gasteiger partial charge on any atom is -0.467 e. The second kappa shape index (κ2) is 4.47. The molecular weight excluding hydrogens is 176 g/mol. The van der Waals surface area contributed by atoms with Gasteiger partial charge in [-0.2, -0.15) is 0 Å². The van der Waals surface area contributed by atoms with Crippen molar-refractivity contribution in [3.8, 4) is 0 Å². The maximum atomic E-state index is 9.66. The molecule has 78 valence electrons. The Bertz CT molecular complexity index is 278. The molecule has 1 unspecified atom stereocenters. The molecule has 1 aromatic heterocycles. The first-order valence-corrected chi connectivity index (χ1v) is 4.88. The fourth-order valence-electron chi connectivity index (χ4n) is 1.15. The minimum absolute atomic E-state index is 0.170.